The van der Waals surface area contributed by atoms with E-state index in [4.69, 9.17) is 10.00 Å². The van der Waals surface area contributed by atoms with Crippen LogP contribution in [0.5, 0.6) is 0 Å². The van der Waals surface area contributed by atoms with Crippen molar-refractivity contribution in [3.05, 3.63) is 77.9 Å². The van der Waals surface area contributed by atoms with Crippen LogP contribution >= 0.6 is 0 Å². The van der Waals surface area contributed by atoms with E-state index < -0.39 is 18.0 Å². The monoisotopic (exact) mass is 344 g/mol. The lowest BCUT2D eigenvalue weighted by Crippen LogP contribution is -2.30. The number of fused-ring (bicyclic) bond motifs is 1. The second-order valence-corrected chi connectivity index (χ2v) is 5.79. The molecule has 0 spiro atoms. The number of rotatable bonds is 4. The van der Waals surface area contributed by atoms with Crippen LogP contribution in [0.15, 0.2) is 66.7 Å². The summed E-state index contributed by atoms with van der Waals surface area (Å²) in [7, 11) is 0. The number of nitriles is 1. The van der Waals surface area contributed by atoms with Crippen molar-refractivity contribution < 1.29 is 14.3 Å². The molecule has 0 saturated carbocycles. The highest BCUT2D eigenvalue weighted by Crippen LogP contribution is 2.17. The van der Waals surface area contributed by atoms with Gasteiger partial charge in [-0.15, -0.1) is 0 Å². The van der Waals surface area contributed by atoms with Gasteiger partial charge >= 0.3 is 5.97 Å². The molecule has 0 aromatic heterocycles. The Hall–Kier alpha value is -3.65. The van der Waals surface area contributed by atoms with Gasteiger partial charge < -0.3 is 10.1 Å². The summed E-state index contributed by atoms with van der Waals surface area (Å²) in [6.07, 6.45) is -0.954. The molecule has 1 atom stereocenters. The maximum Gasteiger partial charge on any atom is 0.338 e. The van der Waals surface area contributed by atoms with Crippen molar-refractivity contribution in [2.24, 2.45) is 0 Å². The van der Waals surface area contributed by atoms with Crippen molar-refractivity contribution in [1.29, 1.82) is 5.26 Å². The van der Waals surface area contributed by atoms with Crippen LogP contribution in [0.4, 0.5) is 5.69 Å². The SMILES string of the molecule is C[C@H](OC(=O)c1ccc2ccccc2c1)C(=O)Nc1ccc(C#N)cc1. The second kappa shape index (κ2) is 7.49. The molecule has 0 unspecified atom stereocenters. The number of benzene rings is 3. The molecule has 128 valence electrons. The summed E-state index contributed by atoms with van der Waals surface area (Å²) in [5.74, 6) is -0.998. The molecule has 0 heterocycles. The van der Waals surface area contributed by atoms with Crippen LogP contribution < -0.4 is 5.32 Å². The first-order chi connectivity index (χ1) is 12.6. The number of carbonyl (C=O) groups excluding carboxylic acids is 2. The summed E-state index contributed by atoms with van der Waals surface area (Å²) in [5.41, 5.74) is 1.42. The fraction of sp³-hybridized carbons (Fsp3) is 0.0952. The van der Waals surface area contributed by atoms with Crippen LogP contribution in [0.3, 0.4) is 0 Å². The van der Waals surface area contributed by atoms with E-state index in [1.54, 1.807) is 36.4 Å². The normalized spacial score (nSPS) is 11.4. The van der Waals surface area contributed by atoms with Gasteiger partial charge in [0, 0.05) is 5.69 Å². The predicted octanol–water partition coefficient (Wildman–Crippen LogP) is 3.90. The lowest BCUT2D eigenvalue weighted by atomic mass is 10.1. The highest BCUT2D eigenvalue weighted by Gasteiger charge is 2.19. The molecule has 1 N–H and O–H groups in total. The Morgan fingerprint density at radius 1 is 1.00 bits per heavy atom. The smallest absolute Gasteiger partial charge is 0.338 e. The van der Waals surface area contributed by atoms with Gasteiger partial charge in [0.2, 0.25) is 0 Å². The maximum absolute atomic E-state index is 12.3. The van der Waals surface area contributed by atoms with Gasteiger partial charge in [-0.3, -0.25) is 4.79 Å². The number of carbonyl (C=O) groups is 2. The minimum Gasteiger partial charge on any atom is -0.449 e. The molecular weight excluding hydrogens is 328 g/mol. The number of amides is 1. The molecule has 0 aliphatic rings. The Morgan fingerprint density at radius 2 is 1.69 bits per heavy atom. The lowest BCUT2D eigenvalue weighted by molar-refractivity contribution is -0.123. The molecule has 5 heteroatoms. The van der Waals surface area contributed by atoms with Gasteiger partial charge in [0.1, 0.15) is 0 Å². The fourth-order valence-corrected chi connectivity index (χ4v) is 2.47. The van der Waals surface area contributed by atoms with Gasteiger partial charge in [-0.25, -0.2) is 4.79 Å². The minimum atomic E-state index is -0.954. The van der Waals surface area contributed by atoms with Crippen molar-refractivity contribution in [1.82, 2.24) is 0 Å². The second-order valence-electron chi connectivity index (χ2n) is 5.79. The number of hydrogen-bond acceptors (Lipinski definition) is 4. The van der Waals surface area contributed by atoms with Gasteiger partial charge in [0.15, 0.2) is 6.10 Å². The minimum absolute atomic E-state index is 0.390. The number of nitrogens with zero attached hydrogens (tertiary/aromatic N) is 1. The molecule has 3 aromatic rings. The van der Waals surface area contributed by atoms with Crippen LogP contribution in [0.1, 0.15) is 22.8 Å². The van der Waals surface area contributed by atoms with E-state index in [1.807, 2.05) is 36.4 Å². The van der Waals surface area contributed by atoms with Gasteiger partial charge in [0.05, 0.1) is 17.2 Å². The highest BCUT2D eigenvalue weighted by molar-refractivity contribution is 5.99. The summed E-state index contributed by atoms with van der Waals surface area (Å²) < 4.78 is 5.26. The zero-order valence-corrected chi connectivity index (χ0v) is 14.1. The molecule has 0 saturated heterocycles. The van der Waals surface area contributed by atoms with E-state index in [2.05, 4.69) is 5.32 Å². The third kappa shape index (κ3) is 3.87. The standard InChI is InChI=1S/C21H16N2O3/c1-14(20(24)23-19-10-6-15(13-22)7-11-19)26-21(25)18-9-8-16-4-2-3-5-17(16)12-18/h2-12,14H,1H3,(H,23,24)/t14-/m0/s1. The summed E-state index contributed by atoms with van der Waals surface area (Å²) >= 11 is 0. The van der Waals surface area contributed by atoms with E-state index in [1.165, 1.54) is 6.92 Å². The Balaban J connectivity index is 1.65. The van der Waals surface area contributed by atoms with Gasteiger partial charge in [0.25, 0.3) is 5.91 Å². The van der Waals surface area contributed by atoms with E-state index in [-0.39, 0.29) is 0 Å². The lowest BCUT2D eigenvalue weighted by Gasteiger charge is -2.14. The third-order valence-electron chi connectivity index (χ3n) is 3.92. The van der Waals surface area contributed by atoms with Crippen molar-refractivity contribution >= 4 is 28.3 Å². The molecule has 1 amide bonds. The van der Waals surface area contributed by atoms with Crippen molar-refractivity contribution in [3.8, 4) is 6.07 Å². The molecular formula is C21H16N2O3. The summed E-state index contributed by atoms with van der Waals surface area (Å²) in [5, 5.41) is 13.4. The van der Waals surface area contributed by atoms with E-state index >= 15 is 0 Å². The Morgan fingerprint density at radius 3 is 2.38 bits per heavy atom. The molecule has 26 heavy (non-hydrogen) atoms. The van der Waals surface area contributed by atoms with Crippen LogP contribution in [-0.2, 0) is 9.53 Å². The average molecular weight is 344 g/mol. The quantitative estimate of drug-likeness (QED) is 0.728. The number of ether oxygens (including phenoxy) is 1. The van der Waals surface area contributed by atoms with Crippen LogP contribution in [-0.4, -0.2) is 18.0 Å². The van der Waals surface area contributed by atoms with Crippen LogP contribution in [0.2, 0.25) is 0 Å². The predicted molar refractivity (Wildman–Crippen MR) is 98.6 cm³/mol. The van der Waals surface area contributed by atoms with E-state index in [9.17, 15) is 9.59 Å². The zero-order chi connectivity index (χ0) is 18.5. The Kier molecular flexibility index (Phi) is 4.95. The molecule has 0 fully saturated rings. The molecule has 3 aromatic carbocycles. The average Bonchev–Trinajstić information content (AvgIpc) is 2.68. The molecule has 3 rings (SSSR count). The molecule has 0 aliphatic carbocycles. The van der Waals surface area contributed by atoms with Crippen LogP contribution in [0, 0.1) is 11.3 Å². The van der Waals surface area contributed by atoms with Crippen molar-refractivity contribution in [3.63, 3.8) is 0 Å². The number of anilines is 1. The number of hydrogen-bond donors (Lipinski definition) is 1. The number of nitrogens with one attached hydrogen (secondary N) is 1. The first-order valence-electron chi connectivity index (χ1n) is 8.07. The number of esters is 1. The van der Waals surface area contributed by atoms with E-state index in [0.717, 1.165) is 10.8 Å². The molecule has 0 bridgehead atoms. The topological polar surface area (TPSA) is 79.2 Å². The Bertz CT molecular complexity index is 1000. The van der Waals surface area contributed by atoms with Gasteiger partial charge in [-0.1, -0.05) is 30.3 Å². The summed E-state index contributed by atoms with van der Waals surface area (Å²) in [6, 6.07) is 21.4. The maximum atomic E-state index is 12.3. The van der Waals surface area contributed by atoms with Gasteiger partial charge in [-0.05, 0) is 54.1 Å². The first kappa shape index (κ1) is 17.2. The van der Waals surface area contributed by atoms with Gasteiger partial charge in [-0.2, -0.15) is 5.26 Å². The van der Waals surface area contributed by atoms with Crippen molar-refractivity contribution in [2.75, 3.05) is 5.32 Å². The Labute approximate surface area is 150 Å². The third-order valence-corrected chi connectivity index (χ3v) is 3.92. The zero-order valence-electron chi connectivity index (χ0n) is 14.1. The molecule has 5 nitrogen and oxygen atoms in total. The van der Waals surface area contributed by atoms with Crippen LogP contribution in [0.25, 0.3) is 10.8 Å². The summed E-state index contributed by atoms with van der Waals surface area (Å²) in [6.45, 7) is 1.51. The molecule has 0 aliphatic heterocycles. The fourth-order valence-electron chi connectivity index (χ4n) is 2.47. The van der Waals surface area contributed by atoms with E-state index in [0.29, 0.717) is 16.8 Å². The van der Waals surface area contributed by atoms with Crippen molar-refractivity contribution in [2.45, 2.75) is 13.0 Å². The molecule has 0 radical (unpaired) electrons. The highest BCUT2D eigenvalue weighted by atomic mass is 16.5. The first-order valence-corrected chi connectivity index (χ1v) is 8.07. The largest absolute Gasteiger partial charge is 0.449 e. The summed E-state index contributed by atoms with van der Waals surface area (Å²) in [4.78, 5) is 24.5.